The van der Waals surface area contributed by atoms with Crippen LogP contribution in [-0.2, 0) is 15.0 Å². The Bertz CT molecular complexity index is 551. The van der Waals surface area contributed by atoms with Crippen LogP contribution in [0, 0.1) is 5.92 Å². The molecule has 0 radical (unpaired) electrons. The summed E-state index contributed by atoms with van der Waals surface area (Å²) in [6.07, 6.45) is 2.48. The number of hydrogen-bond donors (Lipinski definition) is 1. The molecular weight excluding hydrogens is 320 g/mol. The fraction of sp³-hybridized carbons (Fsp3) is 0.467. The molecule has 1 saturated carbocycles. The average molecular weight is 337 g/mol. The molecule has 1 aliphatic heterocycles. The van der Waals surface area contributed by atoms with Crippen molar-refractivity contribution in [3.8, 4) is 0 Å². The lowest BCUT2D eigenvalue weighted by atomic mass is 9.94. The van der Waals surface area contributed by atoms with Crippen LogP contribution in [0.25, 0.3) is 0 Å². The summed E-state index contributed by atoms with van der Waals surface area (Å²) in [5.74, 6) is -0.322. The van der Waals surface area contributed by atoms with E-state index >= 15 is 0 Å². The van der Waals surface area contributed by atoms with Gasteiger partial charge in [0, 0.05) is 17.6 Å². The minimum absolute atomic E-state index is 0.156. The lowest BCUT2D eigenvalue weighted by Crippen LogP contribution is -2.38. The van der Waals surface area contributed by atoms with E-state index < -0.39 is 0 Å². The predicted molar refractivity (Wildman–Crippen MR) is 78.9 cm³/mol. The highest BCUT2D eigenvalue weighted by Crippen LogP contribution is 2.50. The summed E-state index contributed by atoms with van der Waals surface area (Å²) in [7, 11) is 0. The molecule has 20 heavy (non-hydrogen) atoms. The molecule has 2 N–H and O–H groups in total. The van der Waals surface area contributed by atoms with Crippen LogP contribution in [0.2, 0.25) is 0 Å². The van der Waals surface area contributed by atoms with Crippen LogP contribution in [0.3, 0.4) is 0 Å². The Morgan fingerprint density at radius 1 is 1.25 bits per heavy atom. The standard InChI is InChI=1S/C15H17BrN2O2/c16-12-3-1-11(2-4-12)15(6-7-15)14(20)18-8-5-10(9-18)13(17)19/h1-4,10H,5-9H2,(H2,17,19)/t10-/m1/s1. The Balaban J connectivity index is 1.77. The molecule has 2 aliphatic rings. The molecule has 1 aromatic carbocycles. The van der Waals surface area contributed by atoms with Crippen LogP contribution >= 0.6 is 15.9 Å². The second-order valence-electron chi connectivity index (χ2n) is 5.73. The van der Waals surface area contributed by atoms with Gasteiger partial charge in [-0.25, -0.2) is 0 Å². The van der Waals surface area contributed by atoms with Crippen molar-refractivity contribution in [3.63, 3.8) is 0 Å². The van der Waals surface area contributed by atoms with Crippen molar-refractivity contribution < 1.29 is 9.59 Å². The van der Waals surface area contributed by atoms with Gasteiger partial charge in [-0.2, -0.15) is 0 Å². The van der Waals surface area contributed by atoms with Gasteiger partial charge in [0.05, 0.1) is 11.3 Å². The van der Waals surface area contributed by atoms with Crippen LogP contribution in [-0.4, -0.2) is 29.8 Å². The number of carbonyl (C=O) groups is 2. The van der Waals surface area contributed by atoms with E-state index in [-0.39, 0.29) is 23.1 Å². The molecule has 0 spiro atoms. The van der Waals surface area contributed by atoms with E-state index in [0.29, 0.717) is 19.5 Å². The first kappa shape index (κ1) is 13.6. The lowest BCUT2D eigenvalue weighted by molar-refractivity contribution is -0.133. The number of rotatable bonds is 3. The number of halogens is 1. The smallest absolute Gasteiger partial charge is 0.233 e. The fourth-order valence-electron chi connectivity index (χ4n) is 3.00. The van der Waals surface area contributed by atoms with Crippen LogP contribution in [0.5, 0.6) is 0 Å². The van der Waals surface area contributed by atoms with Gasteiger partial charge in [0.1, 0.15) is 0 Å². The number of nitrogens with two attached hydrogens (primary N) is 1. The van der Waals surface area contributed by atoms with E-state index in [1.54, 1.807) is 0 Å². The molecular formula is C15H17BrN2O2. The normalized spacial score (nSPS) is 23.6. The number of primary amides is 1. The third-order valence-corrected chi connectivity index (χ3v) is 4.96. The molecule has 0 aromatic heterocycles. The molecule has 1 atom stereocenters. The second-order valence-corrected chi connectivity index (χ2v) is 6.64. The van der Waals surface area contributed by atoms with E-state index in [1.165, 1.54) is 0 Å². The number of nitrogens with zero attached hydrogens (tertiary/aromatic N) is 1. The zero-order valence-electron chi connectivity index (χ0n) is 11.1. The molecule has 4 nitrogen and oxygen atoms in total. The molecule has 1 aromatic rings. The highest BCUT2D eigenvalue weighted by Gasteiger charge is 2.53. The quantitative estimate of drug-likeness (QED) is 0.914. The summed E-state index contributed by atoms with van der Waals surface area (Å²) in [4.78, 5) is 25.8. The number of hydrogen-bond acceptors (Lipinski definition) is 2. The van der Waals surface area contributed by atoms with Crippen molar-refractivity contribution >= 4 is 27.7 Å². The Morgan fingerprint density at radius 3 is 2.40 bits per heavy atom. The van der Waals surface area contributed by atoms with Gasteiger partial charge in [-0.15, -0.1) is 0 Å². The van der Waals surface area contributed by atoms with Gasteiger partial charge >= 0.3 is 0 Å². The Morgan fingerprint density at radius 2 is 1.90 bits per heavy atom. The highest BCUT2D eigenvalue weighted by atomic mass is 79.9. The number of benzene rings is 1. The summed E-state index contributed by atoms with van der Waals surface area (Å²) in [6.45, 7) is 1.12. The SMILES string of the molecule is NC(=O)[C@@H]1CCN(C(=O)C2(c3ccc(Br)cc3)CC2)C1. The number of amides is 2. The van der Waals surface area contributed by atoms with Crippen molar-refractivity contribution in [2.45, 2.75) is 24.7 Å². The van der Waals surface area contributed by atoms with Crippen molar-refractivity contribution in [1.29, 1.82) is 0 Å². The molecule has 2 amide bonds. The largest absolute Gasteiger partial charge is 0.369 e. The first-order chi connectivity index (χ1) is 9.53. The molecule has 0 bridgehead atoms. The van der Waals surface area contributed by atoms with Crippen molar-refractivity contribution in [2.75, 3.05) is 13.1 Å². The maximum Gasteiger partial charge on any atom is 0.233 e. The van der Waals surface area contributed by atoms with E-state index in [2.05, 4.69) is 15.9 Å². The molecule has 3 rings (SSSR count). The summed E-state index contributed by atoms with van der Waals surface area (Å²) in [5.41, 5.74) is 6.05. The second kappa shape index (κ2) is 4.88. The van der Waals surface area contributed by atoms with Gasteiger partial charge in [-0.3, -0.25) is 9.59 Å². The van der Waals surface area contributed by atoms with Crippen LogP contribution in [0.15, 0.2) is 28.7 Å². The Hall–Kier alpha value is -1.36. The summed E-state index contributed by atoms with van der Waals surface area (Å²) < 4.78 is 1.01. The molecule has 1 heterocycles. The molecule has 5 heteroatoms. The number of carbonyl (C=O) groups excluding carboxylic acids is 2. The number of likely N-dealkylation sites (tertiary alicyclic amines) is 1. The highest BCUT2D eigenvalue weighted by molar-refractivity contribution is 9.10. The van der Waals surface area contributed by atoms with Gasteiger partial charge in [-0.1, -0.05) is 28.1 Å². The molecule has 2 fully saturated rings. The van der Waals surface area contributed by atoms with Crippen molar-refractivity contribution in [3.05, 3.63) is 34.3 Å². The fourth-order valence-corrected chi connectivity index (χ4v) is 3.26. The van der Waals surface area contributed by atoms with Gasteiger partial charge in [0.2, 0.25) is 11.8 Å². The zero-order valence-corrected chi connectivity index (χ0v) is 12.7. The monoisotopic (exact) mass is 336 g/mol. The zero-order chi connectivity index (χ0) is 14.3. The van der Waals surface area contributed by atoms with Gasteiger partial charge in [0.25, 0.3) is 0 Å². The maximum atomic E-state index is 12.7. The first-order valence-electron chi connectivity index (χ1n) is 6.88. The van der Waals surface area contributed by atoms with Crippen molar-refractivity contribution in [1.82, 2.24) is 4.90 Å². The minimum atomic E-state index is -0.354. The average Bonchev–Trinajstić information content (AvgIpc) is 3.08. The third kappa shape index (κ3) is 2.24. The minimum Gasteiger partial charge on any atom is -0.369 e. The summed E-state index contributed by atoms with van der Waals surface area (Å²) >= 11 is 3.41. The van der Waals surface area contributed by atoms with E-state index in [9.17, 15) is 9.59 Å². The predicted octanol–water partition coefficient (Wildman–Crippen LogP) is 1.81. The Kier molecular flexibility index (Phi) is 3.32. The van der Waals surface area contributed by atoms with E-state index in [4.69, 9.17) is 5.73 Å². The van der Waals surface area contributed by atoms with E-state index in [1.807, 2.05) is 29.2 Å². The topological polar surface area (TPSA) is 63.4 Å². The lowest BCUT2D eigenvalue weighted by Gasteiger charge is -2.23. The summed E-state index contributed by atoms with van der Waals surface area (Å²) in [6, 6.07) is 7.96. The van der Waals surface area contributed by atoms with Crippen LogP contribution in [0.4, 0.5) is 0 Å². The Labute approximate surface area is 126 Å². The van der Waals surface area contributed by atoms with Crippen molar-refractivity contribution in [2.24, 2.45) is 11.7 Å². The molecule has 106 valence electrons. The molecule has 1 saturated heterocycles. The van der Waals surface area contributed by atoms with Gasteiger partial charge < -0.3 is 10.6 Å². The van der Waals surface area contributed by atoms with E-state index in [0.717, 1.165) is 22.9 Å². The van der Waals surface area contributed by atoms with Gasteiger partial charge in [0.15, 0.2) is 0 Å². The third-order valence-electron chi connectivity index (χ3n) is 4.43. The molecule has 0 unspecified atom stereocenters. The first-order valence-corrected chi connectivity index (χ1v) is 7.67. The van der Waals surface area contributed by atoms with Crippen LogP contribution < -0.4 is 5.73 Å². The van der Waals surface area contributed by atoms with Gasteiger partial charge in [-0.05, 0) is 37.0 Å². The summed E-state index contributed by atoms with van der Waals surface area (Å²) in [5, 5.41) is 0. The van der Waals surface area contributed by atoms with Crippen LogP contribution in [0.1, 0.15) is 24.8 Å². The maximum absolute atomic E-state index is 12.7. The molecule has 1 aliphatic carbocycles.